The van der Waals surface area contributed by atoms with E-state index in [9.17, 15) is 9.90 Å². The molecule has 1 aromatic carbocycles. The van der Waals surface area contributed by atoms with Gasteiger partial charge in [0.25, 0.3) is 0 Å². The molecule has 1 N–H and O–H groups in total. The molecule has 1 saturated heterocycles. The minimum absolute atomic E-state index is 0.0117. The van der Waals surface area contributed by atoms with Crippen LogP contribution >= 0.6 is 0 Å². The highest BCUT2D eigenvalue weighted by Gasteiger charge is 2.22. The maximum absolute atomic E-state index is 11.9. The quantitative estimate of drug-likeness (QED) is 0.870. The summed E-state index contributed by atoms with van der Waals surface area (Å²) < 4.78 is 12.2. The average Bonchev–Trinajstić information content (AvgIpc) is 2.81. The van der Waals surface area contributed by atoms with Gasteiger partial charge in [-0.3, -0.25) is 9.47 Å². The van der Waals surface area contributed by atoms with E-state index in [4.69, 9.17) is 9.15 Å². The van der Waals surface area contributed by atoms with Gasteiger partial charge in [-0.05, 0) is 12.1 Å². The predicted octanol–water partition coefficient (Wildman–Crippen LogP) is 0.288. The van der Waals surface area contributed by atoms with Gasteiger partial charge >= 0.3 is 5.76 Å². The molecule has 1 aliphatic rings. The minimum atomic E-state index is -0.333. The molecule has 0 radical (unpaired) electrons. The highest BCUT2D eigenvalue weighted by Crippen LogP contribution is 2.12. The number of oxazole rings is 1. The van der Waals surface area contributed by atoms with E-state index in [1.54, 1.807) is 10.6 Å². The van der Waals surface area contributed by atoms with Gasteiger partial charge in [0.1, 0.15) is 0 Å². The van der Waals surface area contributed by atoms with Gasteiger partial charge in [0.15, 0.2) is 5.58 Å². The summed E-state index contributed by atoms with van der Waals surface area (Å²) in [4.78, 5) is 14.0. The van der Waals surface area contributed by atoms with Crippen molar-refractivity contribution in [2.24, 2.45) is 0 Å². The van der Waals surface area contributed by atoms with E-state index in [2.05, 4.69) is 4.90 Å². The topological polar surface area (TPSA) is 67.8 Å². The number of fused-ring (bicyclic) bond motifs is 1. The van der Waals surface area contributed by atoms with E-state index in [0.717, 1.165) is 12.1 Å². The van der Waals surface area contributed by atoms with E-state index < -0.39 is 0 Å². The largest absolute Gasteiger partial charge is 0.419 e. The number of aliphatic hydroxyl groups is 1. The molecule has 6 nitrogen and oxygen atoms in total. The fraction of sp³-hybridized carbons (Fsp3) is 0.500. The molecule has 3 rings (SSSR count). The summed E-state index contributed by atoms with van der Waals surface area (Å²) in [5.41, 5.74) is 1.42. The molecule has 20 heavy (non-hydrogen) atoms. The summed E-state index contributed by atoms with van der Waals surface area (Å²) in [6.07, 6.45) is 0. The monoisotopic (exact) mass is 278 g/mol. The molecule has 0 saturated carbocycles. The van der Waals surface area contributed by atoms with Crippen LogP contribution in [0.1, 0.15) is 0 Å². The molecule has 1 aliphatic heterocycles. The summed E-state index contributed by atoms with van der Waals surface area (Å²) in [6, 6.07) is 7.41. The second-order valence-electron chi connectivity index (χ2n) is 4.93. The van der Waals surface area contributed by atoms with Gasteiger partial charge in [0.2, 0.25) is 0 Å². The van der Waals surface area contributed by atoms with Crippen molar-refractivity contribution in [3.05, 3.63) is 34.8 Å². The Bertz CT molecular complexity index is 633. The zero-order chi connectivity index (χ0) is 13.9. The normalized spacial score (nSPS) is 20.6. The second kappa shape index (κ2) is 5.78. The molecule has 1 aromatic heterocycles. The van der Waals surface area contributed by atoms with Crippen LogP contribution in [0.5, 0.6) is 0 Å². The Kier molecular flexibility index (Phi) is 3.86. The Morgan fingerprint density at radius 3 is 3.00 bits per heavy atom. The zero-order valence-electron chi connectivity index (χ0n) is 11.2. The van der Waals surface area contributed by atoms with Crippen molar-refractivity contribution in [1.29, 1.82) is 0 Å². The number of rotatable bonds is 4. The first kappa shape index (κ1) is 13.4. The van der Waals surface area contributed by atoms with Crippen molar-refractivity contribution >= 4 is 11.1 Å². The first-order chi connectivity index (χ1) is 9.79. The molecule has 2 heterocycles. The molecule has 0 bridgehead atoms. The van der Waals surface area contributed by atoms with E-state index in [0.29, 0.717) is 31.9 Å². The fourth-order valence-corrected chi connectivity index (χ4v) is 2.61. The van der Waals surface area contributed by atoms with Crippen molar-refractivity contribution in [3.8, 4) is 0 Å². The highest BCUT2D eigenvalue weighted by atomic mass is 16.5. The maximum atomic E-state index is 11.9. The van der Waals surface area contributed by atoms with Crippen LogP contribution in [0.15, 0.2) is 33.5 Å². The van der Waals surface area contributed by atoms with Gasteiger partial charge < -0.3 is 14.3 Å². The van der Waals surface area contributed by atoms with Crippen molar-refractivity contribution < 1.29 is 14.3 Å². The molecule has 108 valence electrons. The number of hydrogen-bond donors (Lipinski definition) is 1. The van der Waals surface area contributed by atoms with Crippen LogP contribution in [-0.4, -0.2) is 53.5 Å². The number of morpholine rings is 1. The Hall–Kier alpha value is -1.63. The summed E-state index contributed by atoms with van der Waals surface area (Å²) >= 11 is 0. The molecule has 0 spiro atoms. The number of aromatic nitrogens is 1. The first-order valence-corrected chi connectivity index (χ1v) is 6.80. The Morgan fingerprint density at radius 2 is 2.15 bits per heavy atom. The van der Waals surface area contributed by atoms with Gasteiger partial charge in [-0.25, -0.2) is 4.79 Å². The van der Waals surface area contributed by atoms with Crippen molar-refractivity contribution in [2.45, 2.75) is 12.6 Å². The van der Waals surface area contributed by atoms with Crippen LogP contribution in [0.25, 0.3) is 11.1 Å². The lowest BCUT2D eigenvalue weighted by Crippen LogP contribution is -2.48. The lowest BCUT2D eigenvalue weighted by atomic mass is 10.2. The number of para-hydroxylation sites is 2. The van der Waals surface area contributed by atoms with Gasteiger partial charge in [0.05, 0.1) is 31.4 Å². The first-order valence-electron chi connectivity index (χ1n) is 6.80. The number of benzene rings is 1. The molecule has 1 unspecified atom stereocenters. The number of ether oxygens (including phenoxy) is 1. The van der Waals surface area contributed by atoms with Crippen LogP contribution in [0.4, 0.5) is 0 Å². The number of hydrogen-bond acceptors (Lipinski definition) is 5. The average molecular weight is 278 g/mol. The van der Waals surface area contributed by atoms with Gasteiger partial charge in [0, 0.05) is 19.6 Å². The predicted molar refractivity (Wildman–Crippen MR) is 73.7 cm³/mol. The highest BCUT2D eigenvalue weighted by molar-refractivity contribution is 5.72. The summed E-state index contributed by atoms with van der Waals surface area (Å²) in [7, 11) is 0. The lowest BCUT2D eigenvalue weighted by molar-refractivity contribution is -0.0285. The molecule has 1 fully saturated rings. The van der Waals surface area contributed by atoms with Crippen molar-refractivity contribution in [2.75, 3.05) is 32.9 Å². The maximum Gasteiger partial charge on any atom is 0.419 e. The molecule has 1 atom stereocenters. The third kappa shape index (κ3) is 2.49. The molecule has 0 aliphatic carbocycles. The third-order valence-electron chi connectivity index (χ3n) is 3.74. The smallest absolute Gasteiger partial charge is 0.408 e. The summed E-state index contributed by atoms with van der Waals surface area (Å²) in [5, 5.41) is 9.34. The number of nitrogens with zero attached hydrogens (tertiary/aromatic N) is 2. The van der Waals surface area contributed by atoms with Gasteiger partial charge in [-0.1, -0.05) is 12.1 Å². The second-order valence-corrected chi connectivity index (χ2v) is 4.93. The summed E-state index contributed by atoms with van der Waals surface area (Å²) in [6.45, 7) is 3.29. The Morgan fingerprint density at radius 1 is 1.30 bits per heavy atom. The van der Waals surface area contributed by atoms with Crippen LogP contribution in [0.2, 0.25) is 0 Å². The van der Waals surface area contributed by atoms with Crippen LogP contribution < -0.4 is 5.76 Å². The van der Waals surface area contributed by atoms with Gasteiger partial charge in [-0.15, -0.1) is 0 Å². The van der Waals surface area contributed by atoms with E-state index >= 15 is 0 Å². The van der Waals surface area contributed by atoms with Crippen molar-refractivity contribution in [1.82, 2.24) is 9.47 Å². The third-order valence-corrected chi connectivity index (χ3v) is 3.74. The molecule has 2 aromatic rings. The zero-order valence-corrected chi connectivity index (χ0v) is 11.2. The van der Waals surface area contributed by atoms with Gasteiger partial charge in [-0.2, -0.15) is 0 Å². The Labute approximate surface area is 116 Å². The standard InChI is InChI=1S/C14H18N2O4/c17-9-11-10-19-8-7-15(11)5-6-16-12-3-1-2-4-13(12)20-14(16)18/h1-4,11,17H,5-10H2. The fourth-order valence-electron chi connectivity index (χ4n) is 2.61. The van der Waals surface area contributed by atoms with E-state index in [1.165, 1.54) is 0 Å². The van der Waals surface area contributed by atoms with E-state index in [1.807, 2.05) is 18.2 Å². The Balaban J connectivity index is 1.76. The lowest BCUT2D eigenvalue weighted by Gasteiger charge is -2.34. The number of aliphatic hydroxyl groups excluding tert-OH is 1. The van der Waals surface area contributed by atoms with Crippen LogP contribution in [-0.2, 0) is 11.3 Å². The molecular formula is C14H18N2O4. The van der Waals surface area contributed by atoms with Crippen LogP contribution in [0, 0.1) is 0 Å². The van der Waals surface area contributed by atoms with Crippen molar-refractivity contribution in [3.63, 3.8) is 0 Å². The molecule has 0 amide bonds. The summed E-state index contributed by atoms with van der Waals surface area (Å²) in [5.74, 6) is -0.333. The van der Waals surface area contributed by atoms with E-state index in [-0.39, 0.29) is 18.4 Å². The molecule has 6 heteroatoms. The minimum Gasteiger partial charge on any atom is -0.408 e. The van der Waals surface area contributed by atoms with Crippen LogP contribution in [0.3, 0.4) is 0 Å². The SMILES string of the molecule is O=c1oc2ccccc2n1CCN1CCOCC1CO. The molecular weight excluding hydrogens is 260 g/mol.